The Bertz CT molecular complexity index is 1010. The van der Waals surface area contributed by atoms with E-state index in [1.807, 2.05) is 0 Å². The number of carbonyl (C=O) groups is 4. The Kier molecular flexibility index (Phi) is 4.68. The number of benzene rings is 1. The van der Waals surface area contributed by atoms with Gasteiger partial charge in [0.15, 0.2) is 5.57 Å². The number of hydrogen-bond donors (Lipinski definition) is 1. The number of cyclic esters (lactones) is 2. The molecule has 4 rings (SSSR count). The minimum atomic E-state index is -1.36. The lowest BCUT2D eigenvalue weighted by molar-refractivity contribution is -0.222. The fourth-order valence-corrected chi connectivity index (χ4v) is 3.67. The zero-order valence-corrected chi connectivity index (χ0v) is 16.4. The number of anilines is 2. The predicted molar refractivity (Wildman–Crippen MR) is 102 cm³/mol. The summed E-state index contributed by atoms with van der Waals surface area (Å²) in [5.41, 5.74) is 0.584. The minimum Gasteiger partial charge on any atom is -0.419 e. The number of carbonyl (C=O) groups excluding carboxylic acids is 4. The van der Waals surface area contributed by atoms with Crippen LogP contribution in [0.4, 0.5) is 15.8 Å². The Hall–Kier alpha value is -3.49. The Morgan fingerprint density at radius 2 is 1.57 bits per heavy atom. The standard InChI is InChI=1S/C21H19FN2O6/c1-21(2)29-19(27)14(20(28)30-21)10-23-11-7-8-15(22)16(9-11)24-17(25)12-5-3-4-6-13(12)18(24)26/h7-10,23H,3-6H2,1-2H3. The first-order valence-electron chi connectivity index (χ1n) is 9.52. The largest absolute Gasteiger partial charge is 0.419 e. The molecule has 2 aliphatic heterocycles. The number of ether oxygens (including phenoxy) is 2. The molecule has 1 aromatic carbocycles. The van der Waals surface area contributed by atoms with E-state index in [1.54, 1.807) is 0 Å². The van der Waals surface area contributed by atoms with Crippen LogP contribution in [0.15, 0.2) is 41.1 Å². The van der Waals surface area contributed by atoms with Crippen LogP contribution in [-0.4, -0.2) is 29.5 Å². The van der Waals surface area contributed by atoms with Crippen molar-refractivity contribution >= 4 is 35.1 Å². The van der Waals surface area contributed by atoms with E-state index in [-0.39, 0.29) is 16.9 Å². The summed E-state index contributed by atoms with van der Waals surface area (Å²) < 4.78 is 24.5. The van der Waals surface area contributed by atoms with Gasteiger partial charge >= 0.3 is 11.9 Å². The molecule has 1 saturated heterocycles. The first-order chi connectivity index (χ1) is 14.2. The first-order valence-corrected chi connectivity index (χ1v) is 9.52. The lowest BCUT2D eigenvalue weighted by Crippen LogP contribution is -2.42. The van der Waals surface area contributed by atoms with Crippen molar-refractivity contribution in [3.63, 3.8) is 0 Å². The Morgan fingerprint density at radius 1 is 1.00 bits per heavy atom. The SMILES string of the molecule is CC1(C)OC(=O)C(=CNc2ccc(F)c(N3C(=O)C4=C(CCCC4)C3=O)c2)C(=O)O1. The molecule has 1 aromatic rings. The average Bonchev–Trinajstić information content (AvgIpc) is 2.92. The van der Waals surface area contributed by atoms with E-state index in [0.29, 0.717) is 24.0 Å². The third kappa shape index (κ3) is 3.36. The summed E-state index contributed by atoms with van der Waals surface area (Å²) >= 11 is 0. The normalized spacial score (nSPS) is 20.8. The van der Waals surface area contributed by atoms with E-state index in [0.717, 1.165) is 30.0 Å². The molecule has 0 bridgehead atoms. The third-order valence-electron chi connectivity index (χ3n) is 5.08. The van der Waals surface area contributed by atoms with E-state index < -0.39 is 35.4 Å². The van der Waals surface area contributed by atoms with Crippen LogP contribution in [0.25, 0.3) is 0 Å². The second kappa shape index (κ2) is 7.08. The molecule has 0 atom stereocenters. The number of nitrogens with zero attached hydrogens (tertiary/aromatic N) is 1. The molecule has 8 nitrogen and oxygen atoms in total. The quantitative estimate of drug-likeness (QED) is 0.351. The zero-order valence-electron chi connectivity index (χ0n) is 16.4. The first kappa shape index (κ1) is 19.8. The molecule has 156 valence electrons. The van der Waals surface area contributed by atoms with Crippen molar-refractivity contribution in [2.24, 2.45) is 0 Å². The summed E-state index contributed by atoms with van der Waals surface area (Å²) in [6.45, 7) is 2.86. The molecule has 1 N–H and O–H groups in total. The Balaban J connectivity index is 1.59. The second-order valence-electron chi connectivity index (χ2n) is 7.66. The van der Waals surface area contributed by atoms with Crippen molar-refractivity contribution < 1.29 is 33.0 Å². The summed E-state index contributed by atoms with van der Waals surface area (Å²) in [7, 11) is 0. The summed E-state index contributed by atoms with van der Waals surface area (Å²) in [6, 6.07) is 3.70. The molecule has 9 heteroatoms. The number of nitrogens with one attached hydrogen (secondary N) is 1. The van der Waals surface area contributed by atoms with Crippen molar-refractivity contribution in [3.8, 4) is 0 Å². The maximum atomic E-state index is 14.5. The molecule has 30 heavy (non-hydrogen) atoms. The van der Waals surface area contributed by atoms with Crippen molar-refractivity contribution in [3.05, 3.63) is 46.9 Å². The van der Waals surface area contributed by atoms with Gasteiger partial charge in [-0.3, -0.25) is 9.59 Å². The number of esters is 2. The number of halogens is 1. The number of rotatable bonds is 3. The highest BCUT2D eigenvalue weighted by molar-refractivity contribution is 6.33. The molecule has 2 amide bonds. The topological polar surface area (TPSA) is 102 Å². The van der Waals surface area contributed by atoms with Crippen LogP contribution in [0, 0.1) is 5.82 Å². The molecule has 0 radical (unpaired) electrons. The lowest BCUT2D eigenvalue weighted by Gasteiger charge is -2.29. The molecule has 3 aliphatic rings. The van der Waals surface area contributed by atoms with Crippen LogP contribution in [0.1, 0.15) is 39.5 Å². The summed E-state index contributed by atoms with van der Waals surface area (Å²) in [5, 5.41) is 2.69. The Morgan fingerprint density at radius 3 is 2.13 bits per heavy atom. The van der Waals surface area contributed by atoms with Crippen molar-refractivity contribution in [2.45, 2.75) is 45.3 Å². The van der Waals surface area contributed by atoms with Gasteiger partial charge in [0.2, 0.25) is 0 Å². The van der Waals surface area contributed by atoms with Gasteiger partial charge in [0.05, 0.1) is 5.69 Å². The average molecular weight is 414 g/mol. The van der Waals surface area contributed by atoms with E-state index in [1.165, 1.54) is 26.0 Å². The number of imide groups is 1. The van der Waals surface area contributed by atoms with Crippen LogP contribution in [0.5, 0.6) is 0 Å². The van der Waals surface area contributed by atoms with Gasteiger partial charge in [0.25, 0.3) is 17.6 Å². The van der Waals surface area contributed by atoms with Crippen molar-refractivity contribution in [1.29, 1.82) is 0 Å². The van der Waals surface area contributed by atoms with Crippen LogP contribution >= 0.6 is 0 Å². The molecular weight excluding hydrogens is 395 g/mol. The number of amides is 2. The molecule has 1 fully saturated rings. The molecule has 0 saturated carbocycles. The summed E-state index contributed by atoms with van der Waals surface area (Å²) in [5.74, 6) is -4.86. The van der Waals surface area contributed by atoms with Crippen molar-refractivity contribution in [2.75, 3.05) is 10.2 Å². The maximum Gasteiger partial charge on any atom is 0.350 e. The van der Waals surface area contributed by atoms with Crippen molar-refractivity contribution in [1.82, 2.24) is 0 Å². The maximum absolute atomic E-state index is 14.5. The monoisotopic (exact) mass is 414 g/mol. The summed E-state index contributed by atoms with van der Waals surface area (Å²) in [4.78, 5) is 50.2. The summed E-state index contributed by atoms with van der Waals surface area (Å²) in [6.07, 6.45) is 3.71. The van der Waals surface area contributed by atoms with Gasteiger partial charge in [0, 0.05) is 36.9 Å². The predicted octanol–water partition coefficient (Wildman–Crippen LogP) is 2.70. The van der Waals surface area contributed by atoms with Gasteiger partial charge in [-0.25, -0.2) is 18.9 Å². The van der Waals surface area contributed by atoms with Gasteiger partial charge in [-0.1, -0.05) is 0 Å². The van der Waals surface area contributed by atoms with Gasteiger partial charge in [-0.15, -0.1) is 0 Å². The molecule has 1 aliphatic carbocycles. The van der Waals surface area contributed by atoms with Gasteiger partial charge in [0.1, 0.15) is 5.82 Å². The second-order valence-corrected chi connectivity index (χ2v) is 7.66. The van der Waals surface area contributed by atoms with Gasteiger partial charge in [-0.2, -0.15) is 0 Å². The molecular formula is C21H19FN2O6. The molecule has 0 spiro atoms. The smallest absolute Gasteiger partial charge is 0.350 e. The molecule has 0 aromatic heterocycles. The van der Waals surface area contributed by atoms with E-state index in [2.05, 4.69) is 5.32 Å². The van der Waals surface area contributed by atoms with E-state index in [4.69, 9.17) is 9.47 Å². The zero-order chi connectivity index (χ0) is 21.6. The fraction of sp³-hybridized carbons (Fsp3) is 0.333. The van der Waals surface area contributed by atoms with Crippen LogP contribution in [0.3, 0.4) is 0 Å². The third-order valence-corrected chi connectivity index (χ3v) is 5.08. The van der Waals surface area contributed by atoms with Crippen LogP contribution in [0.2, 0.25) is 0 Å². The minimum absolute atomic E-state index is 0.197. The van der Waals surface area contributed by atoms with Crippen LogP contribution < -0.4 is 10.2 Å². The van der Waals surface area contributed by atoms with E-state index in [9.17, 15) is 23.6 Å². The van der Waals surface area contributed by atoms with E-state index >= 15 is 0 Å². The number of hydrogen-bond acceptors (Lipinski definition) is 7. The highest BCUT2D eigenvalue weighted by Gasteiger charge is 2.41. The van der Waals surface area contributed by atoms with Crippen LogP contribution in [-0.2, 0) is 28.7 Å². The Labute approximate surface area is 171 Å². The van der Waals surface area contributed by atoms with Gasteiger partial charge in [-0.05, 0) is 43.9 Å². The lowest BCUT2D eigenvalue weighted by atomic mass is 9.93. The van der Waals surface area contributed by atoms with Gasteiger partial charge < -0.3 is 14.8 Å². The molecule has 0 unspecified atom stereocenters. The fourth-order valence-electron chi connectivity index (χ4n) is 3.67. The highest BCUT2D eigenvalue weighted by Crippen LogP contribution is 2.37. The highest BCUT2D eigenvalue weighted by atomic mass is 19.1. The molecule has 2 heterocycles.